The third-order valence-electron chi connectivity index (χ3n) is 6.68. The van der Waals surface area contributed by atoms with Crippen molar-refractivity contribution in [1.82, 2.24) is 10.2 Å². The van der Waals surface area contributed by atoms with Crippen LogP contribution in [0.15, 0.2) is 0 Å². The zero-order valence-corrected chi connectivity index (χ0v) is 14.5. The quantitative estimate of drug-likeness (QED) is 0.839. The molecule has 2 nitrogen and oxygen atoms in total. The van der Waals surface area contributed by atoms with Gasteiger partial charge in [-0.25, -0.2) is 0 Å². The van der Waals surface area contributed by atoms with Crippen molar-refractivity contribution in [3.63, 3.8) is 0 Å². The van der Waals surface area contributed by atoms with Crippen LogP contribution < -0.4 is 5.32 Å². The van der Waals surface area contributed by atoms with Crippen LogP contribution in [-0.2, 0) is 0 Å². The van der Waals surface area contributed by atoms with Crippen LogP contribution >= 0.6 is 0 Å². The smallest absolute Gasteiger partial charge is 0.0274 e. The number of fused-ring (bicyclic) bond motifs is 1. The Kier molecular flexibility index (Phi) is 4.95. The van der Waals surface area contributed by atoms with Gasteiger partial charge in [0.05, 0.1) is 0 Å². The summed E-state index contributed by atoms with van der Waals surface area (Å²) in [6.07, 6.45) is 13.1. The molecule has 21 heavy (non-hydrogen) atoms. The second-order valence-corrected chi connectivity index (χ2v) is 8.48. The van der Waals surface area contributed by atoms with Gasteiger partial charge in [-0.15, -0.1) is 0 Å². The lowest BCUT2D eigenvalue weighted by atomic mass is 9.68. The number of likely N-dealkylation sites (tertiary alicyclic amines) is 1. The van der Waals surface area contributed by atoms with Gasteiger partial charge in [-0.1, -0.05) is 40.0 Å². The molecule has 0 aromatic rings. The Hall–Kier alpha value is -0.0800. The zero-order chi connectivity index (χ0) is 14.9. The van der Waals surface area contributed by atoms with E-state index >= 15 is 0 Å². The van der Waals surface area contributed by atoms with Crippen LogP contribution in [0, 0.1) is 11.3 Å². The first-order chi connectivity index (χ1) is 10.1. The SMILES string of the molecule is CCNC1C(N2CCC[C@H]3CCCC[C@H]32)CCCC1(C)C. The van der Waals surface area contributed by atoms with Gasteiger partial charge in [0, 0.05) is 18.1 Å². The highest BCUT2D eigenvalue weighted by atomic mass is 15.2. The van der Waals surface area contributed by atoms with E-state index < -0.39 is 0 Å². The van der Waals surface area contributed by atoms with Gasteiger partial charge in [0.2, 0.25) is 0 Å². The monoisotopic (exact) mass is 292 g/mol. The lowest BCUT2D eigenvalue weighted by molar-refractivity contribution is -0.0270. The maximum atomic E-state index is 3.88. The maximum Gasteiger partial charge on any atom is 0.0274 e. The fraction of sp³-hybridized carbons (Fsp3) is 1.00. The minimum atomic E-state index is 0.459. The zero-order valence-electron chi connectivity index (χ0n) is 14.5. The molecular formula is C19H36N2. The van der Waals surface area contributed by atoms with Gasteiger partial charge < -0.3 is 5.32 Å². The Morgan fingerprint density at radius 3 is 2.48 bits per heavy atom. The summed E-state index contributed by atoms with van der Waals surface area (Å²) in [4.78, 5) is 2.97. The van der Waals surface area contributed by atoms with Crippen LogP contribution in [0.1, 0.15) is 78.6 Å². The number of nitrogens with one attached hydrogen (secondary N) is 1. The Bertz CT molecular complexity index is 336. The molecule has 2 unspecified atom stereocenters. The second kappa shape index (κ2) is 6.58. The van der Waals surface area contributed by atoms with Crippen molar-refractivity contribution < 1.29 is 0 Å². The first-order valence-corrected chi connectivity index (χ1v) is 9.62. The third-order valence-corrected chi connectivity index (χ3v) is 6.68. The van der Waals surface area contributed by atoms with Gasteiger partial charge in [0.15, 0.2) is 0 Å². The molecule has 0 amide bonds. The maximum absolute atomic E-state index is 3.88. The summed E-state index contributed by atoms with van der Waals surface area (Å²) in [5.41, 5.74) is 0.459. The van der Waals surface area contributed by atoms with Crippen LogP contribution in [0.5, 0.6) is 0 Å². The fourth-order valence-electron chi connectivity index (χ4n) is 5.67. The molecule has 0 radical (unpaired) electrons. The van der Waals surface area contributed by atoms with E-state index in [0.29, 0.717) is 11.5 Å². The third kappa shape index (κ3) is 3.17. The molecule has 3 aliphatic rings. The highest BCUT2D eigenvalue weighted by molar-refractivity contribution is 5.01. The lowest BCUT2D eigenvalue weighted by Crippen LogP contribution is -2.63. The predicted molar refractivity (Wildman–Crippen MR) is 90.6 cm³/mol. The molecule has 0 aromatic carbocycles. The van der Waals surface area contributed by atoms with Crippen molar-refractivity contribution in [1.29, 1.82) is 0 Å². The number of nitrogens with zero attached hydrogens (tertiary/aromatic N) is 1. The van der Waals surface area contributed by atoms with E-state index in [2.05, 4.69) is 31.0 Å². The van der Waals surface area contributed by atoms with E-state index in [-0.39, 0.29) is 0 Å². The largest absolute Gasteiger partial charge is 0.312 e. The normalized spacial score (nSPS) is 40.7. The van der Waals surface area contributed by atoms with Gasteiger partial charge in [-0.05, 0) is 62.9 Å². The lowest BCUT2D eigenvalue weighted by Gasteiger charge is -2.54. The van der Waals surface area contributed by atoms with E-state index in [1.165, 1.54) is 64.3 Å². The number of rotatable bonds is 3. The van der Waals surface area contributed by atoms with Gasteiger partial charge in [0.25, 0.3) is 0 Å². The number of likely N-dealkylation sites (N-methyl/N-ethyl adjacent to an activating group) is 1. The molecule has 2 aliphatic carbocycles. The highest BCUT2D eigenvalue weighted by Crippen LogP contribution is 2.43. The number of hydrogen-bond acceptors (Lipinski definition) is 2. The van der Waals surface area contributed by atoms with Crippen molar-refractivity contribution >= 4 is 0 Å². The molecule has 0 bridgehead atoms. The summed E-state index contributed by atoms with van der Waals surface area (Å²) in [5.74, 6) is 1.01. The summed E-state index contributed by atoms with van der Waals surface area (Å²) in [6.45, 7) is 9.75. The van der Waals surface area contributed by atoms with Crippen LogP contribution in [0.4, 0.5) is 0 Å². The summed E-state index contributed by atoms with van der Waals surface area (Å²) < 4.78 is 0. The standard InChI is InChI=1S/C19H36N2/c1-4-20-18-17(12-7-13-19(18,2)3)21-14-8-10-15-9-5-6-11-16(15)21/h15-18,20H,4-14H2,1-3H3/t15-,16-,17?,18?/m1/s1. The van der Waals surface area contributed by atoms with Crippen LogP contribution in [0.2, 0.25) is 0 Å². The van der Waals surface area contributed by atoms with Crippen LogP contribution in [0.25, 0.3) is 0 Å². The molecular weight excluding hydrogens is 256 g/mol. The molecule has 4 atom stereocenters. The summed E-state index contributed by atoms with van der Waals surface area (Å²) in [6, 6.07) is 2.39. The average molecular weight is 293 g/mol. The van der Waals surface area contributed by atoms with Crippen molar-refractivity contribution in [3.05, 3.63) is 0 Å². The van der Waals surface area contributed by atoms with Crippen molar-refractivity contribution in [2.45, 2.75) is 96.7 Å². The molecule has 1 N–H and O–H groups in total. The topological polar surface area (TPSA) is 15.3 Å². The van der Waals surface area contributed by atoms with Gasteiger partial charge in [-0.2, -0.15) is 0 Å². The van der Waals surface area contributed by atoms with E-state index in [9.17, 15) is 0 Å². The minimum Gasteiger partial charge on any atom is -0.312 e. The summed E-state index contributed by atoms with van der Waals surface area (Å²) in [5, 5.41) is 3.88. The van der Waals surface area contributed by atoms with Crippen LogP contribution in [0.3, 0.4) is 0 Å². The van der Waals surface area contributed by atoms with Crippen molar-refractivity contribution in [2.24, 2.45) is 11.3 Å². The number of hydrogen-bond donors (Lipinski definition) is 1. The molecule has 122 valence electrons. The van der Waals surface area contributed by atoms with Gasteiger partial charge in [-0.3, -0.25) is 4.90 Å². The Labute approximate surface area is 132 Å². The van der Waals surface area contributed by atoms with Crippen molar-refractivity contribution in [2.75, 3.05) is 13.1 Å². The van der Waals surface area contributed by atoms with E-state index in [4.69, 9.17) is 0 Å². The van der Waals surface area contributed by atoms with E-state index in [0.717, 1.165) is 24.5 Å². The Balaban J connectivity index is 1.78. The molecule has 3 fully saturated rings. The van der Waals surface area contributed by atoms with Crippen LogP contribution in [-0.4, -0.2) is 36.1 Å². The molecule has 2 heteroatoms. The molecule has 0 aromatic heterocycles. The van der Waals surface area contributed by atoms with Gasteiger partial charge in [0.1, 0.15) is 0 Å². The molecule has 1 heterocycles. The Morgan fingerprint density at radius 2 is 1.67 bits per heavy atom. The summed E-state index contributed by atoms with van der Waals surface area (Å²) in [7, 11) is 0. The summed E-state index contributed by atoms with van der Waals surface area (Å²) >= 11 is 0. The number of piperidine rings is 1. The first-order valence-electron chi connectivity index (χ1n) is 9.62. The van der Waals surface area contributed by atoms with E-state index in [1.54, 1.807) is 0 Å². The molecule has 0 spiro atoms. The first kappa shape index (κ1) is 15.8. The van der Waals surface area contributed by atoms with Crippen molar-refractivity contribution in [3.8, 4) is 0 Å². The second-order valence-electron chi connectivity index (χ2n) is 8.48. The minimum absolute atomic E-state index is 0.459. The average Bonchev–Trinajstić information content (AvgIpc) is 2.49. The molecule has 1 aliphatic heterocycles. The Morgan fingerprint density at radius 1 is 0.952 bits per heavy atom. The predicted octanol–water partition coefficient (Wildman–Crippen LogP) is 4.20. The molecule has 3 rings (SSSR count). The highest BCUT2D eigenvalue weighted by Gasteiger charge is 2.45. The van der Waals surface area contributed by atoms with E-state index in [1.807, 2.05) is 0 Å². The van der Waals surface area contributed by atoms with Gasteiger partial charge >= 0.3 is 0 Å². The fourth-order valence-corrected chi connectivity index (χ4v) is 5.67. The molecule has 1 saturated heterocycles. The molecule has 2 saturated carbocycles.